The zero-order chi connectivity index (χ0) is 17.9. The third-order valence-electron chi connectivity index (χ3n) is 3.76. The van der Waals surface area contributed by atoms with Crippen molar-refractivity contribution in [3.8, 4) is 0 Å². The van der Waals surface area contributed by atoms with E-state index in [-0.39, 0.29) is 24.0 Å². The van der Waals surface area contributed by atoms with Crippen molar-refractivity contribution in [2.45, 2.75) is 39.8 Å². The lowest BCUT2D eigenvalue weighted by Crippen LogP contribution is -2.37. The molecule has 0 atom stereocenters. The number of aromatic nitrogens is 1. The highest BCUT2D eigenvalue weighted by atomic mass is 127. The van der Waals surface area contributed by atoms with E-state index in [1.807, 2.05) is 13.1 Å². The fraction of sp³-hybridized carbons (Fsp3) is 0.474. The zero-order valence-electron chi connectivity index (χ0n) is 15.7. The first-order chi connectivity index (χ1) is 12.2. The van der Waals surface area contributed by atoms with Crippen molar-refractivity contribution in [3.05, 3.63) is 51.5 Å². The molecule has 2 N–H and O–H groups in total. The molecule has 2 aromatic rings. The molecular formula is C19H29IN4OS. The van der Waals surface area contributed by atoms with Crippen LogP contribution in [0.1, 0.15) is 34.9 Å². The number of nitrogens with zero attached hydrogens (tertiary/aromatic N) is 2. The number of aryl methyl sites for hydroxylation is 1. The fourth-order valence-electron chi connectivity index (χ4n) is 2.29. The van der Waals surface area contributed by atoms with E-state index in [9.17, 15) is 0 Å². The van der Waals surface area contributed by atoms with Crippen LogP contribution in [0.15, 0.2) is 35.5 Å². The second-order valence-corrected chi connectivity index (χ2v) is 6.83. The van der Waals surface area contributed by atoms with E-state index in [0.29, 0.717) is 6.61 Å². The molecule has 0 aliphatic carbocycles. The summed E-state index contributed by atoms with van der Waals surface area (Å²) in [5.74, 6) is 0.811. The maximum atomic E-state index is 5.42. The molecular weight excluding hydrogens is 459 g/mol. The van der Waals surface area contributed by atoms with E-state index in [0.717, 1.165) is 38.5 Å². The van der Waals surface area contributed by atoms with Crippen LogP contribution in [-0.4, -0.2) is 31.1 Å². The van der Waals surface area contributed by atoms with Gasteiger partial charge in [0.15, 0.2) is 5.96 Å². The third kappa shape index (κ3) is 8.01. The lowest BCUT2D eigenvalue weighted by molar-refractivity contribution is 0.134. The molecule has 26 heavy (non-hydrogen) atoms. The monoisotopic (exact) mass is 488 g/mol. The van der Waals surface area contributed by atoms with Gasteiger partial charge in [0.2, 0.25) is 0 Å². The number of guanidine groups is 1. The molecule has 0 radical (unpaired) electrons. The van der Waals surface area contributed by atoms with Crippen LogP contribution in [0.2, 0.25) is 0 Å². The number of hydrogen-bond donors (Lipinski definition) is 2. The van der Waals surface area contributed by atoms with Crippen molar-refractivity contribution >= 4 is 41.3 Å². The van der Waals surface area contributed by atoms with E-state index in [1.165, 1.54) is 21.0 Å². The first-order valence-corrected chi connectivity index (χ1v) is 9.60. The van der Waals surface area contributed by atoms with Gasteiger partial charge < -0.3 is 15.4 Å². The lowest BCUT2D eigenvalue weighted by Gasteiger charge is -2.12. The van der Waals surface area contributed by atoms with Crippen LogP contribution in [0.3, 0.4) is 0 Å². The lowest BCUT2D eigenvalue weighted by atomic mass is 10.1. The Bertz CT molecular complexity index is 658. The Balaban J connectivity index is 0.00000338. The van der Waals surface area contributed by atoms with Gasteiger partial charge >= 0.3 is 0 Å². The average Bonchev–Trinajstić information content (AvgIpc) is 3.11. The van der Waals surface area contributed by atoms with Crippen molar-refractivity contribution in [1.82, 2.24) is 15.6 Å². The normalized spacial score (nSPS) is 11.1. The van der Waals surface area contributed by atoms with Crippen LogP contribution in [-0.2, 0) is 30.7 Å². The summed E-state index contributed by atoms with van der Waals surface area (Å²) in [5, 5.41) is 7.85. The number of nitrogens with one attached hydrogen (secondary N) is 2. The second kappa shape index (κ2) is 13.1. The van der Waals surface area contributed by atoms with Gasteiger partial charge in [-0.3, -0.25) is 4.99 Å². The minimum atomic E-state index is 0. The molecule has 0 bridgehead atoms. The molecule has 1 heterocycles. The first kappa shape index (κ1) is 22.9. The van der Waals surface area contributed by atoms with Crippen molar-refractivity contribution in [3.63, 3.8) is 0 Å². The molecule has 2 rings (SSSR count). The van der Waals surface area contributed by atoms with Gasteiger partial charge in [-0.25, -0.2) is 4.98 Å². The highest BCUT2D eigenvalue weighted by Gasteiger charge is 2.02. The van der Waals surface area contributed by atoms with Gasteiger partial charge in [-0.15, -0.1) is 35.3 Å². The molecule has 5 nitrogen and oxygen atoms in total. The average molecular weight is 488 g/mol. The largest absolute Gasteiger partial charge is 0.377 e. The van der Waals surface area contributed by atoms with Crippen molar-refractivity contribution in [1.29, 1.82) is 0 Å². The number of halogens is 1. The number of hydrogen-bond acceptors (Lipinski definition) is 4. The zero-order valence-corrected chi connectivity index (χ0v) is 18.9. The minimum Gasteiger partial charge on any atom is -0.377 e. The second-order valence-electron chi connectivity index (χ2n) is 5.63. The van der Waals surface area contributed by atoms with Crippen molar-refractivity contribution < 1.29 is 4.74 Å². The van der Waals surface area contributed by atoms with Gasteiger partial charge in [0, 0.05) is 44.2 Å². The molecule has 0 spiro atoms. The molecule has 7 heteroatoms. The van der Waals surface area contributed by atoms with Crippen molar-refractivity contribution in [2.75, 3.05) is 20.2 Å². The topological polar surface area (TPSA) is 58.5 Å². The van der Waals surface area contributed by atoms with Crippen LogP contribution in [0, 0.1) is 0 Å². The molecule has 1 aromatic carbocycles. The van der Waals surface area contributed by atoms with Crippen LogP contribution in [0.4, 0.5) is 0 Å². The van der Waals surface area contributed by atoms with Crippen molar-refractivity contribution in [2.24, 2.45) is 4.99 Å². The van der Waals surface area contributed by atoms with Crippen LogP contribution in [0.25, 0.3) is 0 Å². The number of rotatable bonds is 9. The molecule has 144 valence electrons. The molecule has 0 unspecified atom stereocenters. The smallest absolute Gasteiger partial charge is 0.191 e. The molecule has 0 fully saturated rings. The quantitative estimate of drug-likeness (QED) is 0.321. The summed E-state index contributed by atoms with van der Waals surface area (Å²) in [7, 11) is 1.79. The maximum Gasteiger partial charge on any atom is 0.191 e. The van der Waals surface area contributed by atoms with Gasteiger partial charge in [0.25, 0.3) is 0 Å². The van der Waals surface area contributed by atoms with Gasteiger partial charge in [-0.1, -0.05) is 31.2 Å². The fourth-order valence-corrected chi connectivity index (χ4v) is 3.16. The Labute approximate surface area is 177 Å². The van der Waals surface area contributed by atoms with Crippen LogP contribution in [0.5, 0.6) is 0 Å². The Morgan fingerprint density at radius 3 is 2.50 bits per heavy atom. The Kier molecular flexibility index (Phi) is 11.5. The Morgan fingerprint density at radius 1 is 1.15 bits per heavy atom. The Morgan fingerprint density at radius 2 is 1.88 bits per heavy atom. The van der Waals surface area contributed by atoms with Gasteiger partial charge in [-0.05, 0) is 24.5 Å². The first-order valence-electron chi connectivity index (χ1n) is 8.78. The van der Waals surface area contributed by atoms with E-state index in [2.05, 4.69) is 51.8 Å². The van der Waals surface area contributed by atoms with E-state index in [1.54, 1.807) is 18.4 Å². The summed E-state index contributed by atoms with van der Waals surface area (Å²) in [4.78, 5) is 10.1. The van der Waals surface area contributed by atoms with Gasteiger partial charge in [0.1, 0.15) is 0 Å². The third-order valence-corrected chi connectivity index (χ3v) is 4.96. The summed E-state index contributed by atoms with van der Waals surface area (Å²) in [6.45, 7) is 7.14. The van der Waals surface area contributed by atoms with Gasteiger partial charge in [-0.2, -0.15) is 0 Å². The highest BCUT2D eigenvalue weighted by Crippen LogP contribution is 2.13. The van der Waals surface area contributed by atoms with E-state index in [4.69, 9.17) is 4.74 Å². The molecule has 0 aliphatic heterocycles. The number of benzene rings is 1. The number of aliphatic imine (C=N–C) groups is 1. The van der Waals surface area contributed by atoms with E-state index < -0.39 is 0 Å². The van der Waals surface area contributed by atoms with Crippen LogP contribution < -0.4 is 10.6 Å². The summed E-state index contributed by atoms with van der Waals surface area (Å²) in [6.07, 6.45) is 3.94. The molecule has 0 saturated carbocycles. The number of thiazole rings is 1. The SMILES string of the molecule is CCOCc1ccc(CNC(=NC)NCCc2ncc(CC)s2)cc1.I. The molecule has 1 aromatic heterocycles. The summed E-state index contributed by atoms with van der Waals surface area (Å²) >= 11 is 1.79. The summed E-state index contributed by atoms with van der Waals surface area (Å²) < 4.78 is 5.42. The predicted molar refractivity (Wildman–Crippen MR) is 121 cm³/mol. The molecule has 0 aliphatic rings. The predicted octanol–water partition coefficient (Wildman–Crippen LogP) is 3.77. The summed E-state index contributed by atoms with van der Waals surface area (Å²) in [6, 6.07) is 8.46. The number of ether oxygens (including phenoxy) is 1. The maximum absolute atomic E-state index is 5.42. The Hall–Kier alpha value is -1.19. The minimum absolute atomic E-state index is 0. The van der Waals surface area contributed by atoms with Crippen LogP contribution >= 0.6 is 35.3 Å². The van der Waals surface area contributed by atoms with E-state index >= 15 is 0 Å². The molecule has 0 saturated heterocycles. The standard InChI is InChI=1S/C19H28N4OS.HI/c1-4-17-13-22-18(25-17)10-11-21-19(20-3)23-12-15-6-8-16(9-7-15)14-24-5-2;/h6-9,13H,4-5,10-12,14H2,1-3H3,(H2,20,21,23);1H. The van der Waals surface area contributed by atoms with Gasteiger partial charge in [0.05, 0.1) is 11.6 Å². The highest BCUT2D eigenvalue weighted by molar-refractivity contribution is 14.0. The summed E-state index contributed by atoms with van der Waals surface area (Å²) in [5.41, 5.74) is 2.42. The molecule has 0 amide bonds.